The fourth-order valence-corrected chi connectivity index (χ4v) is 0.555. The number of amides is 1. The molecule has 0 saturated heterocycles. The highest BCUT2D eigenvalue weighted by Gasteiger charge is 2.00. The van der Waals surface area contributed by atoms with Gasteiger partial charge < -0.3 is 10.3 Å². The van der Waals surface area contributed by atoms with E-state index in [9.17, 15) is 4.79 Å². The summed E-state index contributed by atoms with van der Waals surface area (Å²) in [6.07, 6.45) is 4.75. The van der Waals surface area contributed by atoms with Crippen molar-refractivity contribution in [3.63, 3.8) is 0 Å². The summed E-state index contributed by atoms with van der Waals surface area (Å²) in [5.74, 6) is -0.571. The topological polar surface area (TPSA) is 97.8 Å². The van der Waals surface area contributed by atoms with E-state index in [1.165, 1.54) is 12.3 Å². The number of primary amides is 1. The van der Waals surface area contributed by atoms with E-state index in [1.807, 2.05) is 6.07 Å². The highest BCUT2D eigenvalue weighted by molar-refractivity contribution is 5.90. The van der Waals surface area contributed by atoms with Gasteiger partial charge in [-0.05, 0) is 6.07 Å². The molecular weight excluding hydrogens is 172 g/mol. The van der Waals surface area contributed by atoms with Crippen LogP contribution in [-0.4, -0.2) is 21.3 Å². The SMILES string of the molecule is NC(=O)c1ccon1.c1cn[nH]c1. The molecule has 0 saturated carbocycles. The average molecular weight is 180 g/mol. The Hall–Kier alpha value is -2.11. The molecular formula is C7H8N4O2. The number of hydrogen-bond acceptors (Lipinski definition) is 4. The lowest BCUT2D eigenvalue weighted by molar-refractivity contribution is 0.0991. The molecule has 68 valence electrons. The molecule has 0 radical (unpaired) electrons. The Morgan fingerprint density at radius 2 is 2.46 bits per heavy atom. The third-order valence-electron chi connectivity index (χ3n) is 1.10. The molecule has 6 nitrogen and oxygen atoms in total. The predicted octanol–water partition coefficient (Wildman–Crippen LogP) is 0.183. The molecule has 0 aliphatic rings. The maximum Gasteiger partial charge on any atom is 0.270 e. The zero-order valence-corrected chi connectivity index (χ0v) is 6.68. The second-order valence-corrected chi connectivity index (χ2v) is 2.02. The maximum absolute atomic E-state index is 10.2. The van der Waals surface area contributed by atoms with Gasteiger partial charge >= 0.3 is 0 Å². The zero-order valence-electron chi connectivity index (χ0n) is 6.68. The first-order valence-electron chi connectivity index (χ1n) is 3.44. The van der Waals surface area contributed by atoms with Crippen LogP contribution in [0.2, 0.25) is 0 Å². The Bertz CT molecular complexity index is 310. The standard InChI is InChI=1S/C4H4N2O2.C3H4N2/c5-4(7)3-1-2-8-6-3;1-2-4-5-3-1/h1-2H,(H2,5,7);1-3H,(H,4,5). The summed E-state index contributed by atoms with van der Waals surface area (Å²) in [4.78, 5) is 10.2. The monoisotopic (exact) mass is 180 g/mol. The molecule has 0 spiro atoms. The molecule has 6 heteroatoms. The Kier molecular flexibility index (Phi) is 3.25. The number of nitrogens with one attached hydrogen (secondary N) is 1. The molecule has 0 bridgehead atoms. The zero-order chi connectivity index (χ0) is 9.52. The number of nitrogens with zero attached hydrogens (tertiary/aromatic N) is 2. The molecule has 2 rings (SSSR count). The lowest BCUT2D eigenvalue weighted by Crippen LogP contribution is -2.10. The molecule has 0 aromatic carbocycles. The van der Waals surface area contributed by atoms with Gasteiger partial charge in [0, 0.05) is 18.5 Å². The van der Waals surface area contributed by atoms with Crippen molar-refractivity contribution in [2.75, 3.05) is 0 Å². The molecule has 0 aliphatic carbocycles. The Balaban J connectivity index is 0.000000145. The molecule has 13 heavy (non-hydrogen) atoms. The lowest BCUT2D eigenvalue weighted by Gasteiger charge is -1.77. The van der Waals surface area contributed by atoms with E-state index in [4.69, 9.17) is 5.73 Å². The van der Waals surface area contributed by atoms with Crippen LogP contribution in [0.3, 0.4) is 0 Å². The summed E-state index contributed by atoms with van der Waals surface area (Å²) in [6, 6.07) is 3.24. The number of aromatic amines is 1. The number of H-pyrrole nitrogens is 1. The average Bonchev–Trinajstić information content (AvgIpc) is 2.82. The number of nitrogens with two attached hydrogens (primary N) is 1. The Labute approximate surface area is 73.7 Å². The van der Waals surface area contributed by atoms with E-state index in [2.05, 4.69) is 19.9 Å². The molecule has 3 N–H and O–H groups in total. The van der Waals surface area contributed by atoms with E-state index >= 15 is 0 Å². The van der Waals surface area contributed by atoms with Crippen LogP contribution in [0.4, 0.5) is 0 Å². The molecule has 0 atom stereocenters. The van der Waals surface area contributed by atoms with Crippen LogP contribution in [0.1, 0.15) is 10.5 Å². The summed E-state index contributed by atoms with van der Waals surface area (Å²) in [6.45, 7) is 0. The van der Waals surface area contributed by atoms with Crippen LogP contribution in [0.15, 0.2) is 35.3 Å². The van der Waals surface area contributed by atoms with E-state index < -0.39 is 5.91 Å². The largest absolute Gasteiger partial charge is 0.364 e. The first kappa shape index (κ1) is 8.98. The number of carbonyl (C=O) groups excluding carboxylic acids is 1. The van der Waals surface area contributed by atoms with Crippen molar-refractivity contribution in [2.24, 2.45) is 5.73 Å². The van der Waals surface area contributed by atoms with Crippen molar-refractivity contribution in [1.82, 2.24) is 15.4 Å². The summed E-state index contributed by atoms with van der Waals surface area (Å²) < 4.78 is 4.32. The van der Waals surface area contributed by atoms with Gasteiger partial charge in [-0.15, -0.1) is 0 Å². The minimum absolute atomic E-state index is 0.157. The first-order chi connectivity index (χ1) is 6.30. The van der Waals surface area contributed by atoms with E-state index in [-0.39, 0.29) is 5.69 Å². The normalized spacial score (nSPS) is 8.62. The van der Waals surface area contributed by atoms with Crippen LogP contribution in [0, 0.1) is 0 Å². The maximum atomic E-state index is 10.2. The van der Waals surface area contributed by atoms with Gasteiger partial charge in [0.25, 0.3) is 5.91 Å². The minimum atomic E-state index is -0.571. The van der Waals surface area contributed by atoms with Crippen LogP contribution < -0.4 is 5.73 Å². The summed E-state index contributed by atoms with van der Waals surface area (Å²) >= 11 is 0. The van der Waals surface area contributed by atoms with Crippen molar-refractivity contribution in [1.29, 1.82) is 0 Å². The van der Waals surface area contributed by atoms with E-state index in [0.717, 1.165) is 0 Å². The van der Waals surface area contributed by atoms with Crippen LogP contribution >= 0.6 is 0 Å². The molecule has 1 amide bonds. The van der Waals surface area contributed by atoms with Gasteiger partial charge in [0.1, 0.15) is 6.26 Å². The van der Waals surface area contributed by atoms with Crippen molar-refractivity contribution in [3.05, 3.63) is 36.5 Å². The number of aromatic nitrogens is 3. The third-order valence-corrected chi connectivity index (χ3v) is 1.10. The summed E-state index contributed by atoms with van der Waals surface area (Å²) in [7, 11) is 0. The van der Waals surface area contributed by atoms with Gasteiger partial charge in [-0.3, -0.25) is 9.89 Å². The number of rotatable bonds is 1. The van der Waals surface area contributed by atoms with E-state index in [0.29, 0.717) is 0 Å². The number of carbonyl (C=O) groups is 1. The molecule has 2 heterocycles. The molecule has 0 fully saturated rings. The van der Waals surface area contributed by atoms with Gasteiger partial charge in [-0.1, -0.05) is 5.16 Å². The molecule has 2 aromatic rings. The summed E-state index contributed by atoms with van der Waals surface area (Å²) in [5, 5.41) is 9.47. The van der Waals surface area contributed by atoms with Gasteiger partial charge in [-0.2, -0.15) is 5.10 Å². The Morgan fingerprint density at radius 3 is 2.69 bits per heavy atom. The van der Waals surface area contributed by atoms with Crippen molar-refractivity contribution in [3.8, 4) is 0 Å². The van der Waals surface area contributed by atoms with Gasteiger partial charge in [-0.25, -0.2) is 0 Å². The van der Waals surface area contributed by atoms with Crippen LogP contribution in [0.25, 0.3) is 0 Å². The summed E-state index contributed by atoms with van der Waals surface area (Å²) in [5.41, 5.74) is 4.95. The highest BCUT2D eigenvalue weighted by Crippen LogP contribution is 1.89. The van der Waals surface area contributed by atoms with Crippen molar-refractivity contribution < 1.29 is 9.32 Å². The Morgan fingerprint density at radius 1 is 1.62 bits per heavy atom. The second-order valence-electron chi connectivity index (χ2n) is 2.02. The van der Waals surface area contributed by atoms with Gasteiger partial charge in [0.05, 0.1) is 0 Å². The van der Waals surface area contributed by atoms with Crippen molar-refractivity contribution in [2.45, 2.75) is 0 Å². The quantitative estimate of drug-likeness (QED) is 0.654. The van der Waals surface area contributed by atoms with Crippen LogP contribution in [0.5, 0.6) is 0 Å². The van der Waals surface area contributed by atoms with Crippen LogP contribution in [-0.2, 0) is 0 Å². The molecule has 0 aliphatic heterocycles. The van der Waals surface area contributed by atoms with Crippen molar-refractivity contribution >= 4 is 5.91 Å². The molecule has 2 aromatic heterocycles. The van der Waals surface area contributed by atoms with Gasteiger partial charge in [0.2, 0.25) is 0 Å². The van der Waals surface area contributed by atoms with Gasteiger partial charge in [0.15, 0.2) is 5.69 Å². The highest BCUT2D eigenvalue weighted by atomic mass is 16.5. The fourth-order valence-electron chi connectivity index (χ4n) is 0.555. The first-order valence-corrected chi connectivity index (χ1v) is 3.44. The smallest absolute Gasteiger partial charge is 0.270 e. The fraction of sp³-hybridized carbons (Fsp3) is 0. The predicted molar refractivity (Wildman–Crippen MR) is 43.6 cm³/mol. The number of hydrogen-bond donors (Lipinski definition) is 2. The van der Waals surface area contributed by atoms with E-state index in [1.54, 1.807) is 12.4 Å². The molecule has 0 unspecified atom stereocenters. The third kappa shape index (κ3) is 3.19. The minimum Gasteiger partial charge on any atom is -0.364 e. The second kappa shape index (κ2) is 4.70. The lowest BCUT2D eigenvalue weighted by atomic mass is 10.4.